The predicted octanol–water partition coefficient (Wildman–Crippen LogP) is 6.29. The van der Waals surface area contributed by atoms with Gasteiger partial charge in [-0.1, -0.05) is 17.7 Å². The fraction of sp³-hybridized carbons (Fsp3) is 0.0435. The summed E-state index contributed by atoms with van der Waals surface area (Å²) in [5.41, 5.74) is 4.52. The van der Waals surface area contributed by atoms with Crippen molar-refractivity contribution in [3.63, 3.8) is 0 Å². The number of urea groups is 1. The molecule has 5 aromatic rings. The van der Waals surface area contributed by atoms with Gasteiger partial charge in [0.05, 0.1) is 11.2 Å². The number of hydrogen-bond donors (Lipinski definition) is 3. The molecule has 0 unspecified atom stereocenters. The van der Waals surface area contributed by atoms with Gasteiger partial charge < -0.3 is 20.2 Å². The van der Waals surface area contributed by atoms with Gasteiger partial charge in [-0.05, 0) is 60.2 Å². The second kappa shape index (κ2) is 8.71. The molecule has 0 saturated heterocycles. The first-order chi connectivity index (χ1) is 14.7. The van der Waals surface area contributed by atoms with Gasteiger partial charge >= 0.3 is 6.03 Å². The number of anilines is 2. The number of nitrogens with zero attached hydrogens (tertiary/aromatic N) is 2. The Hall–Kier alpha value is -3.48. The number of hydrogen-bond acceptors (Lipinski definition) is 2. The third kappa shape index (κ3) is 4.21. The molecule has 0 atom stereocenters. The van der Waals surface area contributed by atoms with Crippen LogP contribution >= 0.6 is 24.0 Å². The molecule has 31 heavy (non-hydrogen) atoms. The number of rotatable bonds is 4. The molecular formula is C23H19Cl2N5O. The number of nitrogens with one attached hydrogen (secondary N) is 3. The van der Waals surface area contributed by atoms with E-state index in [1.807, 2.05) is 55.0 Å². The second-order valence-corrected chi connectivity index (χ2v) is 7.41. The van der Waals surface area contributed by atoms with Gasteiger partial charge in [0.2, 0.25) is 0 Å². The number of halogens is 2. The molecule has 0 radical (unpaired) electrons. The number of carbonyl (C=O) groups excluding carboxylic acids is 1. The zero-order chi connectivity index (χ0) is 20.5. The number of fused-ring (bicyclic) bond motifs is 2. The molecule has 3 heterocycles. The number of pyridine rings is 1. The van der Waals surface area contributed by atoms with Crippen LogP contribution in [0.15, 0.2) is 79.3 Å². The van der Waals surface area contributed by atoms with Crippen LogP contribution in [0, 0.1) is 0 Å². The molecule has 2 aromatic carbocycles. The molecule has 3 N–H and O–H groups in total. The summed E-state index contributed by atoms with van der Waals surface area (Å²) >= 11 is 5.89. The van der Waals surface area contributed by atoms with E-state index in [-0.39, 0.29) is 18.4 Å². The summed E-state index contributed by atoms with van der Waals surface area (Å²) in [4.78, 5) is 20.0. The van der Waals surface area contributed by atoms with E-state index in [1.54, 1.807) is 24.3 Å². The van der Waals surface area contributed by atoms with Gasteiger partial charge in [-0.2, -0.15) is 0 Å². The first-order valence-electron chi connectivity index (χ1n) is 9.50. The van der Waals surface area contributed by atoms with Crippen LogP contribution in [-0.4, -0.2) is 20.6 Å². The Labute approximate surface area is 189 Å². The van der Waals surface area contributed by atoms with E-state index >= 15 is 0 Å². The zero-order valence-corrected chi connectivity index (χ0v) is 17.9. The van der Waals surface area contributed by atoms with E-state index in [9.17, 15) is 4.79 Å². The normalized spacial score (nSPS) is 10.7. The smallest absolute Gasteiger partial charge is 0.323 e. The van der Waals surface area contributed by atoms with Crippen LogP contribution in [0.2, 0.25) is 5.02 Å². The highest BCUT2D eigenvalue weighted by molar-refractivity contribution is 6.30. The highest BCUT2D eigenvalue weighted by Gasteiger charge is 2.10. The summed E-state index contributed by atoms with van der Waals surface area (Å²) in [6, 6.07) is 18.7. The zero-order valence-electron chi connectivity index (χ0n) is 16.3. The number of benzene rings is 2. The molecule has 0 aliphatic heterocycles. The summed E-state index contributed by atoms with van der Waals surface area (Å²) in [7, 11) is 0. The molecule has 6 nitrogen and oxygen atoms in total. The lowest BCUT2D eigenvalue weighted by Crippen LogP contribution is -2.19. The number of aromatic nitrogens is 3. The molecule has 0 saturated carbocycles. The van der Waals surface area contributed by atoms with Gasteiger partial charge in [0.25, 0.3) is 0 Å². The van der Waals surface area contributed by atoms with E-state index in [4.69, 9.17) is 11.6 Å². The maximum atomic E-state index is 12.5. The van der Waals surface area contributed by atoms with Crippen molar-refractivity contribution in [2.75, 3.05) is 10.6 Å². The quantitative estimate of drug-likeness (QED) is 0.300. The highest BCUT2D eigenvalue weighted by Crippen LogP contribution is 2.26. The van der Waals surface area contributed by atoms with Crippen LogP contribution < -0.4 is 10.6 Å². The van der Waals surface area contributed by atoms with Crippen molar-refractivity contribution < 1.29 is 4.79 Å². The Morgan fingerprint density at radius 3 is 2.68 bits per heavy atom. The van der Waals surface area contributed by atoms with Crippen molar-refractivity contribution in [3.05, 3.63) is 89.8 Å². The van der Waals surface area contributed by atoms with E-state index in [0.29, 0.717) is 17.3 Å². The largest absolute Gasteiger partial charge is 0.346 e. The van der Waals surface area contributed by atoms with Crippen LogP contribution in [0.1, 0.15) is 5.56 Å². The highest BCUT2D eigenvalue weighted by atomic mass is 35.5. The first kappa shape index (κ1) is 20.8. The fourth-order valence-corrected chi connectivity index (χ4v) is 3.75. The summed E-state index contributed by atoms with van der Waals surface area (Å²) < 4.78 is 2.17. The van der Waals surface area contributed by atoms with Crippen molar-refractivity contribution in [2.45, 2.75) is 6.54 Å². The van der Waals surface area contributed by atoms with Crippen LogP contribution in [0.25, 0.3) is 21.9 Å². The van der Waals surface area contributed by atoms with Gasteiger partial charge in [0, 0.05) is 46.6 Å². The molecule has 0 spiro atoms. The van der Waals surface area contributed by atoms with Crippen LogP contribution in [0.4, 0.5) is 16.2 Å². The lowest BCUT2D eigenvalue weighted by Gasteiger charge is -2.10. The Bertz CT molecular complexity index is 1360. The van der Waals surface area contributed by atoms with Crippen molar-refractivity contribution in [3.8, 4) is 0 Å². The Balaban J connectivity index is 0.00000231. The van der Waals surface area contributed by atoms with Crippen molar-refractivity contribution in [1.29, 1.82) is 0 Å². The van der Waals surface area contributed by atoms with E-state index in [0.717, 1.165) is 27.6 Å². The molecule has 2 amide bonds. The van der Waals surface area contributed by atoms with Crippen LogP contribution in [-0.2, 0) is 6.54 Å². The molecule has 0 aliphatic rings. The summed E-state index contributed by atoms with van der Waals surface area (Å²) in [5.74, 6) is 0. The summed E-state index contributed by atoms with van der Waals surface area (Å²) in [6.45, 7) is 0.709. The molecule has 3 aromatic heterocycles. The minimum atomic E-state index is -0.305. The minimum Gasteiger partial charge on any atom is -0.346 e. The van der Waals surface area contributed by atoms with Gasteiger partial charge in [0.15, 0.2) is 0 Å². The molecule has 0 fully saturated rings. The van der Waals surface area contributed by atoms with Crippen LogP contribution in [0.3, 0.4) is 0 Å². The van der Waals surface area contributed by atoms with E-state index in [2.05, 4.69) is 25.2 Å². The molecule has 156 valence electrons. The second-order valence-electron chi connectivity index (χ2n) is 6.98. The minimum absolute atomic E-state index is 0. The monoisotopic (exact) mass is 451 g/mol. The maximum absolute atomic E-state index is 12.5. The van der Waals surface area contributed by atoms with Crippen LogP contribution in [0.5, 0.6) is 0 Å². The van der Waals surface area contributed by atoms with Gasteiger partial charge in [0.1, 0.15) is 5.65 Å². The SMILES string of the molecule is Cl.O=C(Nc1ccc(Cl)cc1)Nc1cccc2c1ccn2Cc1ccnc2[nH]ccc12. The lowest BCUT2D eigenvalue weighted by molar-refractivity contribution is 0.262. The number of carbonyl (C=O) groups is 1. The molecule has 5 rings (SSSR count). The molecule has 0 aliphatic carbocycles. The van der Waals surface area contributed by atoms with Crippen molar-refractivity contribution in [1.82, 2.24) is 14.5 Å². The van der Waals surface area contributed by atoms with Gasteiger partial charge in [-0.15, -0.1) is 12.4 Å². The van der Waals surface area contributed by atoms with E-state index in [1.165, 1.54) is 5.56 Å². The van der Waals surface area contributed by atoms with E-state index < -0.39 is 0 Å². The Kier molecular flexibility index (Phi) is 5.84. The molecular weight excluding hydrogens is 433 g/mol. The lowest BCUT2D eigenvalue weighted by atomic mass is 10.2. The predicted molar refractivity (Wildman–Crippen MR) is 128 cm³/mol. The third-order valence-corrected chi connectivity index (χ3v) is 5.31. The average Bonchev–Trinajstić information content (AvgIpc) is 3.38. The first-order valence-corrected chi connectivity index (χ1v) is 9.87. The maximum Gasteiger partial charge on any atom is 0.323 e. The Morgan fingerprint density at radius 2 is 1.84 bits per heavy atom. The summed E-state index contributed by atoms with van der Waals surface area (Å²) in [5, 5.41) is 8.47. The summed E-state index contributed by atoms with van der Waals surface area (Å²) in [6.07, 6.45) is 5.75. The van der Waals surface area contributed by atoms with Gasteiger partial charge in [-0.3, -0.25) is 0 Å². The van der Waals surface area contributed by atoms with Crippen molar-refractivity contribution >= 4 is 63.4 Å². The number of amides is 2. The van der Waals surface area contributed by atoms with Crippen molar-refractivity contribution in [2.24, 2.45) is 0 Å². The Morgan fingerprint density at radius 1 is 1.00 bits per heavy atom. The molecule has 0 bridgehead atoms. The number of H-pyrrole nitrogens is 1. The molecule has 8 heteroatoms. The number of aromatic amines is 1. The average molecular weight is 452 g/mol. The standard InChI is InChI=1S/C23H18ClN5O.ClH/c24-16-4-6-17(7-5-16)27-23(30)28-20-2-1-3-21-19(20)10-13-29(21)14-15-8-11-25-22-18(15)9-12-26-22;/h1-13H,14H2,(H,25,26)(H2,27,28,30);1H. The van der Waals surface area contributed by atoms with Gasteiger partial charge in [-0.25, -0.2) is 9.78 Å². The topological polar surface area (TPSA) is 74.7 Å². The third-order valence-electron chi connectivity index (χ3n) is 5.06. The fourth-order valence-electron chi connectivity index (χ4n) is 3.63.